The van der Waals surface area contributed by atoms with Crippen LogP contribution < -0.4 is 0 Å². The van der Waals surface area contributed by atoms with E-state index in [1.165, 1.54) is 12.1 Å². The Morgan fingerprint density at radius 1 is 1.35 bits per heavy atom. The summed E-state index contributed by atoms with van der Waals surface area (Å²) in [6, 6.07) is 6.16. The molecule has 3 atom stereocenters. The van der Waals surface area contributed by atoms with Crippen molar-refractivity contribution in [1.29, 1.82) is 0 Å². The molecule has 0 amide bonds. The van der Waals surface area contributed by atoms with Crippen LogP contribution in [0.25, 0.3) is 11.0 Å². The van der Waals surface area contributed by atoms with Crippen molar-refractivity contribution in [1.82, 2.24) is 0 Å². The fraction of sp³-hybridized carbons (Fsp3) is 0.438. The Bertz CT molecular complexity index is 646. The molecule has 4 heteroatoms. The Kier molecular flexibility index (Phi) is 3.24. The second-order valence-corrected chi connectivity index (χ2v) is 5.80. The van der Waals surface area contributed by atoms with Gasteiger partial charge >= 0.3 is 5.97 Å². The molecule has 3 nitrogen and oxygen atoms in total. The van der Waals surface area contributed by atoms with Gasteiger partial charge in [0, 0.05) is 11.3 Å². The first-order valence-electron chi connectivity index (χ1n) is 6.96. The number of carbonyl (C=O) groups is 1. The molecule has 2 aromatic rings. The van der Waals surface area contributed by atoms with E-state index in [0.29, 0.717) is 29.1 Å². The first-order chi connectivity index (χ1) is 9.54. The van der Waals surface area contributed by atoms with Crippen LogP contribution in [0.5, 0.6) is 0 Å². The van der Waals surface area contributed by atoms with Crippen LogP contribution in [-0.4, -0.2) is 11.1 Å². The highest BCUT2D eigenvalue weighted by Crippen LogP contribution is 2.42. The van der Waals surface area contributed by atoms with Gasteiger partial charge in [0.05, 0.1) is 5.92 Å². The van der Waals surface area contributed by atoms with Crippen molar-refractivity contribution in [2.45, 2.75) is 32.1 Å². The third-order valence-corrected chi connectivity index (χ3v) is 4.29. The van der Waals surface area contributed by atoms with Crippen LogP contribution in [-0.2, 0) is 4.79 Å². The Balaban J connectivity index is 2.00. The number of rotatable bonds is 2. The highest BCUT2D eigenvalue weighted by molar-refractivity contribution is 5.78. The summed E-state index contributed by atoms with van der Waals surface area (Å²) in [5, 5.41) is 10.1. The van der Waals surface area contributed by atoms with Gasteiger partial charge in [-0.05, 0) is 49.4 Å². The van der Waals surface area contributed by atoms with E-state index in [4.69, 9.17) is 4.42 Å². The molecule has 1 aliphatic rings. The van der Waals surface area contributed by atoms with Gasteiger partial charge in [-0.2, -0.15) is 0 Å². The Morgan fingerprint density at radius 2 is 2.15 bits per heavy atom. The molecule has 0 aliphatic heterocycles. The lowest BCUT2D eigenvalue weighted by molar-refractivity contribution is -0.144. The van der Waals surface area contributed by atoms with Crippen LogP contribution >= 0.6 is 0 Å². The molecule has 20 heavy (non-hydrogen) atoms. The number of halogens is 1. The molecular weight excluding hydrogens is 259 g/mol. The van der Waals surface area contributed by atoms with Gasteiger partial charge in [0.2, 0.25) is 0 Å². The molecule has 0 saturated heterocycles. The molecule has 1 heterocycles. The largest absolute Gasteiger partial charge is 0.481 e. The van der Waals surface area contributed by atoms with Gasteiger partial charge in [-0.25, -0.2) is 4.39 Å². The highest BCUT2D eigenvalue weighted by Gasteiger charge is 2.36. The number of benzene rings is 1. The number of furan rings is 1. The first-order valence-corrected chi connectivity index (χ1v) is 6.96. The van der Waals surface area contributed by atoms with Crippen molar-refractivity contribution in [3.8, 4) is 0 Å². The van der Waals surface area contributed by atoms with Gasteiger partial charge in [0.15, 0.2) is 0 Å². The number of fused-ring (bicyclic) bond motifs is 1. The Hall–Kier alpha value is -1.84. The van der Waals surface area contributed by atoms with E-state index in [1.54, 1.807) is 12.1 Å². The number of carboxylic acid groups (broad SMARTS) is 1. The van der Waals surface area contributed by atoms with E-state index in [1.807, 2.05) is 0 Å². The molecular formula is C16H17FO3. The number of hydrogen-bond acceptors (Lipinski definition) is 2. The third kappa shape index (κ3) is 2.30. The molecule has 1 fully saturated rings. The van der Waals surface area contributed by atoms with Crippen molar-refractivity contribution in [3.05, 3.63) is 35.8 Å². The minimum absolute atomic E-state index is 0.119. The van der Waals surface area contributed by atoms with Gasteiger partial charge in [-0.1, -0.05) is 6.92 Å². The zero-order chi connectivity index (χ0) is 14.3. The summed E-state index contributed by atoms with van der Waals surface area (Å²) in [7, 11) is 0. The average molecular weight is 276 g/mol. The molecule has 3 unspecified atom stereocenters. The second-order valence-electron chi connectivity index (χ2n) is 5.80. The standard InChI is InChI=1S/C16H17FO3/c1-9-2-4-12(16(18)19)13(6-9)15-8-10-7-11(17)3-5-14(10)20-15/h3,5,7-9,12-13H,2,4,6H2,1H3,(H,18,19). The quantitative estimate of drug-likeness (QED) is 0.895. The predicted octanol–water partition coefficient (Wildman–Crippen LogP) is 4.18. The summed E-state index contributed by atoms with van der Waals surface area (Å²) in [5.74, 6) is -0.446. The van der Waals surface area contributed by atoms with Gasteiger partial charge in [-0.3, -0.25) is 4.79 Å². The topological polar surface area (TPSA) is 50.4 Å². The van der Waals surface area contributed by atoms with Crippen molar-refractivity contribution >= 4 is 16.9 Å². The van der Waals surface area contributed by atoms with E-state index in [0.717, 1.165) is 12.8 Å². The molecule has 0 bridgehead atoms. The normalized spacial score (nSPS) is 26.8. The van der Waals surface area contributed by atoms with Gasteiger partial charge in [0.1, 0.15) is 17.2 Å². The monoisotopic (exact) mass is 276 g/mol. The number of aliphatic carboxylic acids is 1. The summed E-state index contributed by atoms with van der Waals surface area (Å²) >= 11 is 0. The Morgan fingerprint density at radius 3 is 2.90 bits per heavy atom. The van der Waals surface area contributed by atoms with Gasteiger partial charge < -0.3 is 9.52 Å². The minimum atomic E-state index is -0.770. The predicted molar refractivity (Wildman–Crippen MR) is 73.1 cm³/mol. The van der Waals surface area contributed by atoms with Crippen molar-refractivity contribution < 1.29 is 18.7 Å². The summed E-state index contributed by atoms with van der Waals surface area (Å²) in [6.45, 7) is 2.13. The van der Waals surface area contributed by atoms with E-state index in [9.17, 15) is 14.3 Å². The van der Waals surface area contributed by atoms with Crippen LogP contribution in [0.3, 0.4) is 0 Å². The molecule has 0 spiro atoms. The summed E-state index contributed by atoms with van der Waals surface area (Å²) in [4.78, 5) is 11.4. The van der Waals surface area contributed by atoms with Crippen molar-refractivity contribution in [2.24, 2.45) is 11.8 Å². The van der Waals surface area contributed by atoms with Crippen LogP contribution in [0.2, 0.25) is 0 Å². The van der Waals surface area contributed by atoms with Gasteiger partial charge in [-0.15, -0.1) is 0 Å². The zero-order valence-corrected chi connectivity index (χ0v) is 11.3. The zero-order valence-electron chi connectivity index (χ0n) is 11.3. The third-order valence-electron chi connectivity index (χ3n) is 4.29. The minimum Gasteiger partial charge on any atom is -0.481 e. The fourth-order valence-corrected chi connectivity index (χ4v) is 3.21. The first kappa shape index (κ1) is 13.2. The molecule has 106 valence electrons. The summed E-state index contributed by atoms with van der Waals surface area (Å²) < 4.78 is 19.0. The van der Waals surface area contributed by atoms with Crippen molar-refractivity contribution in [3.63, 3.8) is 0 Å². The number of hydrogen-bond donors (Lipinski definition) is 1. The number of carboxylic acids is 1. The smallest absolute Gasteiger partial charge is 0.307 e. The van der Waals surface area contributed by atoms with Crippen molar-refractivity contribution in [2.75, 3.05) is 0 Å². The van der Waals surface area contributed by atoms with Gasteiger partial charge in [0.25, 0.3) is 0 Å². The summed E-state index contributed by atoms with van der Waals surface area (Å²) in [5.41, 5.74) is 0.615. The summed E-state index contributed by atoms with van der Waals surface area (Å²) in [6.07, 6.45) is 2.41. The van der Waals surface area contributed by atoms with E-state index < -0.39 is 11.9 Å². The van der Waals surface area contributed by atoms with E-state index in [-0.39, 0.29) is 11.7 Å². The van der Waals surface area contributed by atoms with E-state index in [2.05, 4.69) is 6.92 Å². The molecule has 0 radical (unpaired) electrons. The average Bonchev–Trinajstić information content (AvgIpc) is 2.81. The maximum absolute atomic E-state index is 13.2. The lowest BCUT2D eigenvalue weighted by atomic mass is 9.73. The lowest BCUT2D eigenvalue weighted by Gasteiger charge is -2.30. The fourth-order valence-electron chi connectivity index (χ4n) is 3.21. The SMILES string of the molecule is CC1CCC(C(=O)O)C(c2cc3cc(F)ccc3o2)C1. The van der Waals surface area contributed by atoms with Crippen LogP contribution in [0.15, 0.2) is 28.7 Å². The molecule has 3 rings (SSSR count). The lowest BCUT2D eigenvalue weighted by Crippen LogP contribution is -2.28. The maximum Gasteiger partial charge on any atom is 0.307 e. The molecule has 1 aliphatic carbocycles. The van der Waals surface area contributed by atoms with Crippen LogP contribution in [0.1, 0.15) is 37.9 Å². The highest BCUT2D eigenvalue weighted by atomic mass is 19.1. The Labute approximate surface area is 116 Å². The molecule has 1 saturated carbocycles. The van der Waals surface area contributed by atoms with E-state index >= 15 is 0 Å². The molecule has 1 N–H and O–H groups in total. The maximum atomic E-state index is 13.2. The molecule has 1 aromatic heterocycles. The van der Waals surface area contributed by atoms with Crippen LogP contribution in [0.4, 0.5) is 4.39 Å². The molecule has 1 aromatic carbocycles. The van der Waals surface area contributed by atoms with Crippen LogP contribution in [0, 0.1) is 17.7 Å². The second kappa shape index (κ2) is 4.93.